The summed E-state index contributed by atoms with van der Waals surface area (Å²) in [5, 5.41) is 12.4. The Morgan fingerprint density at radius 1 is 1.40 bits per heavy atom. The maximum atomic E-state index is 11.7. The Labute approximate surface area is 116 Å². The number of amides is 3. The van der Waals surface area contributed by atoms with Gasteiger partial charge < -0.3 is 15.0 Å². The lowest BCUT2D eigenvalue weighted by Crippen LogP contribution is -2.41. The third-order valence-corrected chi connectivity index (χ3v) is 3.27. The van der Waals surface area contributed by atoms with Crippen molar-refractivity contribution < 1.29 is 19.5 Å². The molecule has 1 atom stereocenters. The highest BCUT2D eigenvalue weighted by Gasteiger charge is 2.30. The van der Waals surface area contributed by atoms with E-state index in [4.69, 9.17) is 0 Å². The predicted octanol–water partition coefficient (Wildman–Crippen LogP) is -0.676. The first-order valence-electron chi connectivity index (χ1n) is 6.38. The second-order valence-electron chi connectivity index (χ2n) is 4.74. The van der Waals surface area contributed by atoms with Crippen molar-refractivity contribution in [2.24, 2.45) is 7.05 Å². The number of carbonyl (C=O) groups is 3. The van der Waals surface area contributed by atoms with Gasteiger partial charge in [-0.3, -0.25) is 19.3 Å². The highest BCUT2D eigenvalue weighted by Crippen LogP contribution is 2.12. The van der Waals surface area contributed by atoms with Crippen molar-refractivity contribution in [2.45, 2.75) is 18.9 Å². The largest absolute Gasteiger partial charge is 0.385 e. The van der Waals surface area contributed by atoms with Crippen LogP contribution in [-0.2, 0) is 21.4 Å². The van der Waals surface area contributed by atoms with Gasteiger partial charge in [0, 0.05) is 38.3 Å². The number of nitrogens with zero attached hydrogens (tertiary/aromatic N) is 2. The SMILES string of the molecule is Cn1cccc1[C@H](O)CNC(=O)CN1C(=O)CCC1=O. The minimum Gasteiger partial charge on any atom is -0.385 e. The summed E-state index contributed by atoms with van der Waals surface area (Å²) < 4.78 is 1.75. The summed E-state index contributed by atoms with van der Waals surface area (Å²) >= 11 is 0. The van der Waals surface area contributed by atoms with Gasteiger partial charge in [-0.1, -0.05) is 0 Å². The van der Waals surface area contributed by atoms with Crippen LogP contribution in [0, 0.1) is 0 Å². The Balaban J connectivity index is 1.82. The molecule has 1 aromatic rings. The number of rotatable bonds is 5. The second-order valence-corrected chi connectivity index (χ2v) is 4.74. The Kier molecular flexibility index (Phi) is 4.19. The Morgan fingerprint density at radius 3 is 2.60 bits per heavy atom. The first kappa shape index (κ1) is 14.3. The van der Waals surface area contributed by atoms with E-state index in [1.54, 1.807) is 29.9 Å². The van der Waals surface area contributed by atoms with Crippen LogP contribution in [0.3, 0.4) is 0 Å². The molecule has 2 N–H and O–H groups in total. The van der Waals surface area contributed by atoms with Gasteiger partial charge in [-0.15, -0.1) is 0 Å². The Bertz CT molecular complexity index is 521. The van der Waals surface area contributed by atoms with Gasteiger partial charge in [0.05, 0.1) is 0 Å². The van der Waals surface area contributed by atoms with E-state index in [1.165, 1.54) is 0 Å². The maximum Gasteiger partial charge on any atom is 0.240 e. The fourth-order valence-electron chi connectivity index (χ4n) is 2.13. The van der Waals surface area contributed by atoms with Crippen molar-refractivity contribution in [1.29, 1.82) is 0 Å². The lowest BCUT2D eigenvalue weighted by molar-refractivity contribution is -0.142. The molecular formula is C13H17N3O4. The monoisotopic (exact) mass is 279 g/mol. The van der Waals surface area contributed by atoms with Crippen LogP contribution in [0.4, 0.5) is 0 Å². The van der Waals surface area contributed by atoms with E-state index in [2.05, 4.69) is 5.32 Å². The van der Waals surface area contributed by atoms with Crippen molar-refractivity contribution in [1.82, 2.24) is 14.8 Å². The maximum absolute atomic E-state index is 11.7. The topological polar surface area (TPSA) is 91.6 Å². The van der Waals surface area contributed by atoms with Crippen molar-refractivity contribution in [3.63, 3.8) is 0 Å². The zero-order valence-corrected chi connectivity index (χ0v) is 11.2. The van der Waals surface area contributed by atoms with E-state index in [0.29, 0.717) is 5.69 Å². The number of aromatic nitrogens is 1. The third kappa shape index (κ3) is 3.05. The molecule has 0 radical (unpaired) electrons. The Morgan fingerprint density at radius 2 is 2.05 bits per heavy atom. The molecule has 0 bridgehead atoms. The molecular weight excluding hydrogens is 262 g/mol. The van der Waals surface area contributed by atoms with Crippen molar-refractivity contribution >= 4 is 17.7 Å². The van der Waals surface area contributed by atoms with Gasteiger partial charge in [0.25, 0.3) is 0 Å². The van der Waals surface area contributed by atoms with Gasteiger partial charge in [-0.2, -0.15) is 0 Å². The molecule has 0 spiro atoms. The average molecular weight is 279 g/mol. The Hall–Kier alpha value is -2.15. The van der Waals surface area contributed by atoms with Crippen LogP contribution in [0.2, 0.25) is 0 Å². The number of aryl methyl sites for hydroxylation is 1. The molecule has 0 aromatic carbocycles. The van der Waals surface area contributed by atoms with Crippen LogP contribution in [-0.4, -0.2) is 45.4 Å². The molecule has 7 nitrogen and oxygen atoms in total. The van der Waals surface area contributed by atoms with Gasteiger partial charge in [0.2, 0.25) is 17.7 Å². The molecule has 108 valence electrons. The lowest BCUT2D eigenvalue weighted by atomic mass is 10.2. The summed E-state index contributed by atoms with van der Waals surface area (Å²) in [6.45, 7) is -0.246. The second kappa shape index (κ2) is 5.87. The van der Waals surface area contributed by atoms with E-state index in [-0.39, 0.29) is 37.7 Å². The smallest absolute Gasteiger partial charge is 0.240 e. The van der Waals surface area contributed by atoms with Crippen LogP contribution >= 0.6 is 0 Å². The van der Waals surface area contributed by atoms with E-state index >= 15 is 0 Å². The quantitative estimate of drug-likeness (QED) is 0.699. The number of likely N-dealkylation sites (tertiary alicyclic amines) is 1. The fraction of sp³-hybridized carbons (Fsp3) is 0.462. The van der Waals surface area contributed by atoms with E-state index in [0.717, 1.165) is 4.90 Å². The first-order chi connectivity index (χ1) is 9.49. The van der Waals surface area contributed by atoms with Crippen LogP contribution in [0.1, 0.15) is 24.6 Å². The number of carbonyl (C=O) groups excluding carboxylic acids is 3. The fourth-order valence-corrected chi connectivity index (χ4v) is 2.13. The predicted molar refractivity (Wildman–Crippen MR) is 69.3 cm³/mol. The number of nitrogens with one attached hydrogen (secondary N) is 1. The summed E-state index contributed by atoms with van der Waals surface area (Å²) in [6, 6.07) is 3.55. The summed E-state index contributed by atoms with van der Waals surface area (Å²) in [7, 11) is 1.79. The molecule has 1 aromatic heterocycles. The average Bonchev–Trinajstić information content (AvgIpc) is 2.96. The number of aliphatic hydroxyl groups excluding tert-OH is 1. The number of hydrogen-bond donors (Lipinski definition) is 2. The lowest BCUT2D eigenvalue weighted by Gasteiger charge is -2.16. The minimum absolute atomic E-state index is 0.0346. The van der Waals surface area contributed by atoms with Gasteiger partial charge in [-0.25, -0.2) is 0 Å². The third-order valence-electron chi connectivity index (χ3n) is 3.27. The molecule has 0 saturated carbocycles. The minimum atomic E-state index is -0.830. The molecule has 1 saturated heterocycles. The molecule has 0 aliphatic carbocycles. The molecule has 1 aliphatic heterocycles. The molecule has 2 rings (SSSR count). The zero-order chi connectivity index (χ0) is 14.7. The standard InChI is InChI=1S/C13H17N3O4/c1-15-6-2-3-9(15)10(17)7-14-11(18)8-16-12(19)4-5-13(16)20/h2-3,6,10,17H,4-5,7-8H2,1H3,(H,14,18)/t10-/m1/s1. The molecule has 1 aliphatic rings. The number of aliphatic hydroxyl groups is 1. The molecule has 1 fully saturated rings. The molecule has 7 heteroatoms. The van der Waals surface area contributed by atoms with Crippen LogP contribution in [0.15, 0.2) is 18.3 Å². The van der Waals surface area contributed by atoms with E-state index in [9.17, 15) is 19.5 Å². The van der Waals surface area contributed by atoms with Crippen LogP contribution in [0.5, 0.6) is 0 Å². The summed E-state index contributed by atoms with van der Waals surface area (Å²) in [5.41, 5.74) is 0.679. The van der Waals surface area contributed by atoms with Crippen LogP contribution < -0.4 is 5.32 Å². The van der Waals surface area contributed by atoms with E-state index < -0.39 is 12.0 Å². The molecule has 0 unspecified atom stereocenters. The first-order valence-corrected chi connectivity index (χ1v) is 6.38. The van der Waals surface area contributed by atoms with Crippen molar-refractivity contribution in [3.8, 4) is 0 Å². The van der Waals surface area contributed by atoms with E-state index in [1.807, 2.05) is 0 Å². The molecule has 3 amide bonds. The molecule has 20 heavy (non-hydrogen) atoms. The molecule has 2 heterocycles. The van der Waals surface area contributed by atoms with Gasteiger partial charge in [-0.05, 0) is 12.1 Å². The highest BCUT2D eigenvalue weighted by molar-refractivity contribution is 6.04. The van der Waals surface area contributed by atoms with Crippen molar-refractivity contribution in [3.05, 3.63) is 24.0 Å². The zero-order valence-electron chi connectivity index (χ0n) is 11.2. The van der Waals surface area contributed by atoms with Gasteiger partial charge in [0.15, 0.2) is 0 Å². The van der Waals surface area contributed by atoms with Crippen LogP contribution in [0.25, 0.3) is 0 Å². The van der Waals surface area contributed by atoms with Gasteiger partial charge >= 0.3 is 0 Å². The highest BCUT2D eigenvalue weighted by atomic mass is 16.3. The van der Waals surface area contributed by atoms with Crippen molar-refractivity contribution in [2.75, 3.05) is 13.1 Å². The normalized spacial score (nSPS) is 16.6. The number of hydrogen-bond acceptors (Lipinski definition) is 4. The van der Waals surface area contributed by atoms with Gasteiger partial charge in [0.1, 0.15) is 12.6 Å². The summed E-state index contributed by atoms with van der Waals surface area (Å²) in [6.07, 6.45) is 1.29. The summed E-state index contributed by atoms with van der Waals surface area (Å²) in [5.74, 6) is -1.11. The summed E-state index contributed by atoms with van der Waals surface area (Å²) in [4.78, 5) is 35.3. The number of imide groups is 1.